The number of nitrogens with zero attached hydrogens (tertiary/aromatic N) is 6. The minimum Gasteiger partial charge on any atom is -0.458 e. The Hall–Kier alpha value is -4.35. The Morgan fingerprint density at radius 1 is 1.18 bits per heavy atom. The summed E-state index contributed by atoms with van der Waals surface area (Å²) in [5.41, 5.74) is 2.32. The van der Waals surface area contributed by atoms with Crippen molar-refractivity contribution in [3.63, 3.8) is 0 Å². The van der Waals surface area contributed by atoms with Gasteiger partial charge < -0.3 is 18.7 Å². The molecule has 0 saturated carbocycles. The molecule has 0 saturated heterocycles. The number of alkyl halides is 2. The number of hydrogen-bond donors (Lipinski definition) is 1. The monoisotopic (exact) mass is 451 g/mol. The van der Waals surface area contributed by atoms with E-state index in [0.29, 0.717) is 34.7 Å². The summed E-state index contributed by atoms with van der Waals surface area (Å²) in [5, 5.41) is 12.2. The molecule has 0 unspecified atom stereocenters. The Bertz CT molecular complexity index is 1430. The van der Waals surface area contributed by atoms with E-state index in [1.54, 1.807) is 11.2 Å². The lowest BCUT2D eigenvalue weighted by molar-refractivity contribution is 0.0566. The van der Waals surface area contributed by atoms with E-state index in [-0.39, 0.29) is 17.5 Å². The topological polar surface area (TPSA) is 119 Å². The van der Waals surface area contributed by atoms with Crippen LogP contribution >= 0.6 is 0 Å². The van der Waals surface area contributed by atoms with Crippen LogP contribution in [-0.4, -0.2) is 47.3 Å². The van der Waals surface area contributed by atoms with E-state index in [0.717, 1.165) is 17.3 Å². The fourth-order valence-electron chi connectivity index (χ4n) is 4.02. The van der Waals surface area contributed by atoms with Crippen molar-refractivity contribution in [1.29, 1.82) is 0 Å². The average Bonchev–Trinajstić information content (AvgIpc) is 3.61. The Morgan fingerprint density at radius 3 is 2.88 bits per heavy atom. The van der Waals surface area contributed by atoms with Gasteiger partial charge in [-0.3, -0.25) is 4.79 Å². The van der Waals surface area contributed by atoms with Gasteiger partial charge in [0, 0.05) is 30.2 Å². The van der Waals surface area contributed by atoms with Crippen LogP contribution in [0.1, 0.15) is 40.4 Å². The lowest BCUT2D eigenvalue weighted by atomic mass is 10.00. The molecule has 0 radical (unpaired) electrons. The Kier molecular flexibility index (Phi) is 4.31. The maximum Gasteiger partial charge on any atom is 0.333 e. The van der Waals surface area contributed by atoms with Gasteiger partial charge in [0.05, 0.1) is 12.0 Å². The van der Waals surface area contributed by atoms with Crippen LogP contribution in [0, 0.1) is 0 Å². The predicted molar refractivity (Wildman–Crippen MR) is 108 cm³/mol. The maximum atomic E-state index is 13.4. The number of rotatable bonds is 4. The van der Waals surface area contributed by atoms with Crippen molar-refractivity contribution in [3.8, 4) is 11.6 Å². The van der Waals surface area contributed by atoms with Crippen LogP contribution in [0.4, 0.5) is 8.78 Å². The van der Waals surface area contributed by atoms with Gasteiger partial charge in [0.25, 0.3) is 5.89 Å². The van der Waals surface area contributed by atoms with E-state index >= 15 is 0 Å². The molecule has 10 nitrogen and oxygen atoms in total. The summed E-state index contributed by atoms with van der Waals surface area (Å²) in [6, 6.07) is 10.1. The molecule has 0 bridgehead atoms. The van der Waals surface area contributed by atoms with Gasteiger partial charge >= 0.3 is 18.3 Å². The number of amides is 1. The number of benzene rings is 1. The minimum atomic E-state index is -2.80. The average molecular weight is 451 g/mol. The van der Waals surface area contributed by atoms with Crippen molar-refractivity contribution < 1.29 is 22.4 Å². The van der Waals surface area contributed by atoms with Crippen molar-refractivity contribution in [3.05, 3.63) is 72.0 Å². The highest BCUT2D eigenvalue weighted by molar-refractivity contribution is 5.90. The minimum absolute atomic E-state index is 0.0453. The summed E-state index contributed by atoms with van der Waals surface area (Å²) in [7, 11) is 0. The zero-order valence-corrected chi connectivity index (χ0v) is 16.9. The molecule has 4 aromatic heterocycles. The molecule has 0 spiro atoms. The molecule has 1 atom stereocenters. The summed E-state index contributed by atoms with van der Waals surface area (Å²) < 4.78 is 37.6. The summed E-state index contributed by atoms with van der Waals surface area (Å²) >= 11 is 0. The molecule has 33 heavy (non-hydrogen) atoms. The second-order valence-electron chi connectivity index (χ2n) is 7.48. The number of aromatic amines is 1. The number of carbonyl (C=O) groups excluding carboxylic acids is 1. The molecule has 1 amide bonds. The zero-order chi connectivity index (χ0) is 22.5. The molecule has 166 valence electrons. The summed E-state index contributed by atoms with van der Waals surface area (Å²) in [6.45, 7) is -2.45. The first-order chi connectivity index (χ1) is 16.1. The van der Waals surface area contributed by atoms with Gasteiger partial charge in [0.1, 0.15) is 23.1 Å². The molecule has 5 aromatic rings. The second kappa shape index (κ2) is 7.36. The summed E-state index contributed by atoms with van der Waals surface area (Å²) in [4.78, 5) is 22.5. The van der Waals surface area contributed by atoms with Crippen molar-refractivity contribution >= 4 is 16.9 Å². The third kappa shape index (κ3) is 3.18. The van der Waals surface area contributed by atoms with Gasteiger partial charge in [-0.2, -0.15) is 13.9 Å². The molecule has 1 N–H and O–H groups in total. The predicted octanol–water partition coefficient (Wildman–Crippen LogP) is 3.59. The number of halogens is 2. The normalized spacial score (nSPS) is 16.0. The lowest BCUT2D eigenvalue weighted by Crippen LogP contribution is -2.40. The van der Waals surface area contributed by atoms with Crippen molar-refractivity contribution in [2.45, 2.75) is 19.0 Å². The fraction of sp³-hybridized carbons (Fsp3) is 0.190. The maximum absolute atomic E-state index is 13.4. The van der Waals surface area contributed by atoms with E-state index in [2.05, 4.69) is 25.3 Å². The highest BCUT2D eigenvalue weighted by atomic mass is 19.3. The van der Waals surface area contributed by atoms with E-state index in [1.165, 1.54) is 6.07 Å². The molecular weight excluding hydrogens is 436 g/mol. The Labute approximate surface area is 183 Å². The van der Waals surface area contributed by atoms with E-state index < -0.39 is 18.5 Å². The van der Waals surface area contributed by atoms with E-state index in [1.807, 2.05) is 30.3 Å². The van der Waals surface area contributed by atoms with Crippen LogP contribution < -0.4 is 0 Å². The van der Waals surface area contributed by atoms with Gasteiger partial charge in [0.15, 0.2) is 0 Å². The molecule has 5 heterocycles. The van der Waals surface area contributed by atoms with Crippen molar-refractivity contribution in [2.75, 3.05) is 6.54 Å². The molecule has 0 aliphatic carbocycles. The first kappa shape index (κ1) is 19.3. The molecule has 0 fully saturated rings. The molecule has 1 aromatic carbocycles. The number of H-pyrrole nitrogens is 1. The smallest absolute Gasteiger partial charge is 0.333 e. The number of hydrogen-bond acceptors (Lipinski definition) is 7. The largest absolute Gasteiger partial charge is 0.458 e. The molecule has 6 rings (SSSR count). The highest BCUT2D eigenvalue weighted by Crippen LogP contribution is 2.37. The van der Waals surface area contributed by atoms with Crippen molar-refractivity contribution in [1.82, 2.24) is 34.8 Å². The SMILES string of the molecule is O=C(c1nnc(-c2ccn(C(F)F)n2)o1)N1CCc2[nH]cnc2[C@@H]1c1cc2ccccc2o1. The highest BCUT2D eigenvalue weighted by Gasteiger charge is 2.38. The van der Waals surface area contributed by atoms with Gasteiger partial charge in [-0.15, -0.1) is 10.2 Å². The van der Waals surface area contributed by atoms with Crippen LogP contribution in [0.15, 0.2) is 57.8 Å². The lowest BCUT2D eigenvalue weighted by Gasteiger charge is -2.32. The van der Waals surface area contributed by atoms with Gasteiger partial charge in [-0.05, 0) is 18.2 Å². The zero-order valence-electron chi connectivity index (χ0n) is 16.9. The number of para-hydroxylation sites is 1. The standard InChI is InChI=1S/C21H15F2N7O3/c22-21(23)30-8-6-13(28-30)18-26-27-19(33-18)20(31)29-7-5-12-16(25-10-24-12)17(29)15-9-11-3-1-2-4-14(11)32-15/h1-4,6,8-10,17,21H,5,7H2,(H,24,25)/t17-/m0/s1. The van der Waals surface area contributed by atoms with Crippen LogP contribution in [0.25, 0.3) is 22.6 Å². The molecule has 1 aliphatic rings. The van der Waals surface area contributed by atoms with E-state index in [9.17, 15) is 13.6 Å². The second-order valence-corrected chi connectivity index (χ2v) is 7.48. The third-order valence-corrected chi connectivity index (χ3v) is 5.54. The van der Waals surface area contributed by atoms with Crippen molar-refractivity contribution in [2.24, 2.45) is 0 Å². The number of nitrogens with one attached hydrogen (secondary N) is 1. The number of fused-ring (bicyclic) bond motifs is 2. The Balaban J connectivity index is 1.36. The first-order valence-corrected chi connectivity index (χ1v) is 10.1. The Morgan fingerprint density at radius 2 is 2.06 bits per heavy atom. The fourth-order valence-corrected chi connectivity index (χ4v) is 4.02. The van der Waals surface area contributed by atoms with Crippen LogP contribution in [-0.2, 0) is 6.42 Å². The number of aromatic nitrogens is 6. The quantitative estimate of drug-likeness (QED) is 0.444. The summed E-state index contributed by atoms with van der Waals surface area (Å²) in [6.07, 6.45) is 3.23. The van der Waals surface area contributed by atoms with Gasteiger partial charge in [-0.25, -0.2) is 9.67 Å². The van der Waals surface area contributed by atoms with Crippen LogP contribution in [0.5, 0.6) is 0 Å². The number of carbonyl (C=O) groups is 1. The third-order valence-electron chi connectivity index (χ3n) is 5.54. The first-order valence-electron chi connectivity index (χ1n) is 10.1. The van der Waals surface area contributed by atoms with Crippen LogP contribution in [0.2, 0.25) is 0 Å². The van der Waals surface area contributed by atoms with Gasteiger partial charge in [-0.1, -0.05) is 18.2 Å². The number of imidazole rings is 1. The van der Waals surface area contributed by atoms with Gasteiger partial charge in [0.2, 0.25) is 0 Å². The molecule has 1 aliphatic heterocycles. The summed E-state index contributed by atoms with van der Waals surface area (Å²) in [5.74, 6) is -0.388. The van der Waals surface area contributed by atoms with E-state index in [4.69, 9.17) is 8.83 Å². The molecule has 12 heteroatoms. The van der Waals surface area contributed by atoms with Crippen LogP contribution in [0.3, 0.4) is 0 Å². The number of furan rings is 1. The molecular formula is C21H15F2N7O3.